The lowest BCUT2D eigenvalue weighted by Crippen LogP contribution is -2.25. The van der Waals surface area contributed by atoms with Gasteiger partial charge in [-0.1, -0.05) is 36.1 Å². The lowest BCUT2D eigenvalue weighted by Gasteiger charge is -2.22. The Morgan fingerprint density at radius 1 is 0.383 bits per heavy atom. The molecule has 0 saturated heterocycles. The van der Waals surface area contributed by atoms with Crippen LogP contribution in [0.3, 0.4) is 0 Å². The van der Waals surface area contributed by atoms with Gasteiger partial charge >= 0.3 is 24.7 Å². The predicted molar refractivity (Wildman–Crippen MR) is 337 cm³/mol. The van der Waals surface area contributed by atoms with Crippen molar-refractivity contribution in [1.29, 1.82) is 0 Å². The monoisotopic (exact) mass is 1300 g/mol. The van der Waals surface area contributed by atoms with Crippen LogP contribution in [0, 0.1) is 11.8 Å². The van der Waals surface area contributed by atoms with Gasteiger partial charge in [-0.2, -0.15) is 52.7 Å². The Labute approximate surface area is 527 Å². The number of methoxy groups -OCH3 is 2. The first kappa shape index (κ1) is 64.0. The van der Waals surface area contributed by atoms with E-state index in [1.54, 1.807) is 62.8 Å². The number of nitrogens with one attached hydrogen (secondary N) is 4. The topological polar surface area (TPSA) is 152 Å². The highest BCUT2D eigenvalue weighted by Gasteiger charge is 2.43. The molecular formula is C70H54F12N8O4. The third-order valence-electron chi connectivity index (χ3n) is 16.2. The largest absolute Gasteiger partial charge is 0.493 e. The summed E-state index contributed by atoms with van der Waals surface area (Å²) < 4.78 is 209. The molecule has 0 amide bonds. The predicted octanol–water partition coefficient (Wildman–Crippen LogP) is 18.8. The van der Waals surface area contributed by atoms with Crippen molar-refractivity contribution < 1.29 is 71.6 Å². The molecule has 482 valence electrons. The summed E-state index contributed by atoms with van der Waals surface area (Å²) in [6.07, 6.45) is -11.7. The van der Waals surface area contributed by atoms with Crippen molar-refractivity contribution in [3.63, 3.8) is 0 Å². The molecule has 0 aliphatic carbocycles. The van der Waals surface area contributed by atoms with E-state index in [0.717, 1.165) is 0 Å². The third-order valence-corrected chi connectivity index (χ3v) is 16.2. The molecule has 94 heavy (non-hydrogen) atoms. The normalized spacial score (nSPS) is 13.4. The second-order valence-corrected chi connectivity index (χ2v) is 23.5. The molecule has 10 heterocycles. The smallest absolute Gasteiger partial charge is 0.420 e. The highest BCUT2D eigenvalue weighted by Crippen LogP contribution is 2.45. The minimum atomic E-state index is -5.61. The van der Waals surface area contributed by atoms with Gasteiger partial charge in [0.15, 0.2) is 0 Å². The van der Waals surface area contributed by atoms with Crippen molar-refractivity contribution in [1.82, 2.24) is 39.9 Å². The summed E-state index contributed by atoms with van der Waals surface area (Å²) in [4.78, 5) is 28.7. The van der Waals surface area contributed by atoms with Gasteiger partial charge in [0.25, 0.3) is 0 Å². The maximum atomic E-state index is 16.0. The van der Waals surface area contributed by atoms with E-state index in [1.807, 2.05) is 87.3 Å². The number of ether oxygens (including phenoxy) is 4. The van der Waals surface area contributed by atoms with Crippen LogP contribution in [0.15, 0.2) is 97.1 Å². The van der Waals surface area contributed by atoms with Crippen LogP contribution in [-0.2, 0) is 34.2 Å². The van der Waals surface area contributed by atoms with Gasteiger partial charge in [0.2, 0.25) is 0 Å². The van der Waals surface area contributed by atoms with Crippen LogP contribution in [0.4, 0.5) is 52.7 Å². The molecule has 0 fully saturated rings. The van der Waals surface area contributed by atoms with Gasteiger partial charge in [-0.25, -0.2) is 19.9 Å². The summed E-state index contributed by atoms with van der Waals surface area (Å²) in [5.41, 5.74) is -12.2. The quantitative estimate of drug-likeness (QED) is 0.0697. The van der Waals surface area contributed by atoms with Crippen LogP contribution in [0.25, 0.3) is 115 Å². The fourth-order valence-corrected chi connectivity index (χ4v) is 11.1. The highest BCUT2D eigenvalue weighted by molar-refractivity contribution is 5.95. The molecule has 0 radical (unpaired) electrons. The molecule has 0 unspecified atom stereocenters. The van der Waals surface area contributed by atoms with Crippen molar-refractivity contribution in [2.24, 2.45) is 0 Å². The average Bonchev–Trinajstić information content (AvgIpc) is 1.60. The van der Waals surface area contributed by atoms with E-state index in [0.29, 0.717) is 136 Å². The molecule has 0 spiro atoms. The average molecular weight is 1300 g/mol. The maximum absolute atomic E-state index is 16.0. The number of H-pyrrole nitrogens is 4. The van der Waals surface area contributed by atoms with Crippen LogP contribution in [0.5, 0.6) is 11.5 Å². The first-order chi connectivity index (χ1) is 44.4. The van der Waals surface area contributed by atoms with Gasteiger partial charge in [0, 0.05) is 54.7 Å². The van der Waals surface area contributed by atoms with E-state index in [4.69, 9.17) is 28.9 Å². The van der Waals surface area contributed by atoms with Crippen molar-refractivity contribution in [3.05, 3.63) is 176 Å². The number of aromatic amines is 4. The zero-order valence-corrected chi connectivity index (χ0v) is 50.6. The molecule has 12 rings (SSSR count). The van der Waals surface area contributed by atoms with E-state index in [1.165, 1.54) is 0 Å². The summed E-state index contributed by atoms with van der Waals surface area (Å²) in [5, 5.41) is 0. The lowest BCUT2D eigenvalue weighted by molar-refractivity contribution is -0.137. The molecule has 4 N–H and O–H groups in total. The van der Waals surface area contributed by atoms with Crippen LogP contribution >= 0.6 is 0 Å². The summed E-state index contributed by atoms with van der Waals surface area (Å²) in [7, 11) is 3.23. The van der Waals surface area contributed by atoms with Gasteiger partial charge in [-0.3, -0.25) is 0 Å². The molecule has 16 bridgehead atoms. The van der Waals surface area contributed by atoms with Crippen LogP contribution in [-0.4, -0.2) is 78.5 Å². The highest BCUT2D eigenvalue weighted by atomic mass is 19.4. The number of alkyl halides is 12. The Kier molecular flexibility index (Phi) is 16.4. The Morgan fingerprint density at radius 2 is 0.787 bits per heavy atom. The van der Waals surface area contributed by atoms with Crippen molar-refractivity contribution >= 4 is 92.7 Å². The zero-order valence-electron chi connectivity index (χ0n) is 50.6. The number of nitrogens with zero attached hydrogens (tertiary/aromatic N) is 4. The number of fused-ring (bicyclic) bond motifs is 16. The first-order valence-electron chi connectivity index (χ1n) is 29.1. The number of aromatic nitrogens is 8. The number of halogens is 12. The first-order valence-corrected chi connectivity index (χ1v) is 29.1. The second kappa shape index (κ2) is 24.1. The van der Waals surface area contributed by atoms with Crippen molar-refractivity contribution in [2.75, 3.05) is 27.4 Å². The minimum Gasteiger partial charge on any atom is -0.493 e. The Bertz CT molecular complexity index is 4830. The summed E-state index contributed by atoms with van der Waals surface area (Å²) in [5.74, 6) is 6.69. The van der Waals surface area contributed by atoms with E-state index in [-0.39, 0.29) is 16.8 Å². The standard InChI is InChI=1S/C70H54F12N8O4/c1-65(2,91-5)31-33-93-42-14-7-37(8-15-42)58-47-19-12-40(83-47)36-41-13-20-48(84-41)59(38-9-16-43(17-10-38)94-34-32-66(3,4)92-6)50-24-22-46(86-50)44(45-21-23-49(58)85-45)18-11-39-35-57-62(69(77,78)79)55-28-27-53(88-55)60(67(71,72)73)51-25-26-52(87-51)61(68(74,75)76)54-29-30-56(89-54)63(64(39)90-57)70(80,81)82/h7-10,12-17,19-30,35-36,83,86-87,90H,31-34H2,1-6H3. The van der Waals surface area contributed by atoms with E-state index in [2.05, 4.69) is 36.8 Å². The molecule has 4 aliphatic rings. The van der Waals surface area contributed by atoms with Crippen molar-refractivity contribution in [2.45, 2.75) is 76.4 Å². The number of hydrogen-bond acceptors (Lipinski definition) is 8. The summed E-state index contributed by atoms with van der Waals surface area (Å²) in [6, 6.07) is 25.1. The van der Waals surface area contributed by atoms with Gasteiger partial charge in [-0.05, 0) is 160 Å². The molecule has 6 aromatic heterocycles. The summed E-state index contributed by atoms with van der Waals surface area (Å²) in [6.45, 7) is 8.43. The Hall–Kier alpha value is -10.1. The van der Waals surface area contributed by atoms with Crippen molar-refractivity contribution in [3.8, 4) is 45.6 Å². The Morgan fingerprint density at radius 3 is 1.30 bits per heavy atom. The van der Waals surface area contributed by atoms with Gasteiger partial charge in [0.1, 0.15) is 33.8 Å². The molecule has 2 aromatic carbocycles. The van der Waals surface area contributed by atoms with Gasteiger partial charge < -0.3 is 38.9 Å². The second-order valence-electron chi connectivity index (χ2n) is 23.5. The fraction of sp³-hybridized carbons (Fsp3) is 0.229. The molecule has 8 aromatic rings. The Balaban J connectivity index is 1.15. The lowest BCUT2D eigenvalue weighted by atomic mass is 10.0. The number of rotatable bonds is 12. The number of hydrogen-bond donors (Lipinski definition) is 4. The maximum Gasteiger partial charge on any atom is 0.420 e. The van der Waals surface area contributed by atoms with E-state index < -0.39 is 109 Å². The van der Waals surface area contributed by atoms with E-state index in [9.17, 15) is 0 Å². The molecule has 4 aliphatic heterocycles. The molecule has 24 heteroatoms. The molecule has 12 nitrogen and oxygen atoms in total. The van der Waals surface area contributed by atoms with Gasteiger partial charge in [0.05, 0.1) is 109 Å². The molecule has 0 atom stereocenters. The number of benzene rings is 2. The third kappa shape index (κ3) is 13.1. The van der Waals surface area contributed by atoms with E-state index >= 15 is 52.7 Å². The minimum absolute atomic E-state index is 0.0214. The summed E-state index contributed by atoms with van der Waals surface area (Å²) >= 11 is 0. The SMILES string of the molecule is COC(C)(C)CCOc1ccc(-c2c3nc(c(C#Cc4cc5[nH]c4c(C(F)(F)F)c4nc(c(C(F)(F)F)c6ccc([nH]6)c(C(F)(F)F)c6nc(c5C(F)(F)F)C=C6)C=C4)c4ccc([nH]4)c(-c4ccc(OCCC(C)(C)OC)cc4)c4nc(cc5ccc2[nH]5)C=C4)C=C3)cc1. The van der Waals surface area contributed by atoms with Crippen LogP contribution in [0.2, 0.25) is 0 Å². The van der Waals surface area contributed by atoms with Gasteiger partial charge in [-0.15, -0.1) is 0 Å². The van der Waals surface area contributed by atoms with Crippen LogP contribution in [0.1, 0.15) is 119 Å². The van der Waals surface area contributed by atoms with Crippen LogP contribution < -0.4 is 9.47 Å². The molecule has 0 saturated carbocycles. The zero-order chi connectivity index (χ0) is 66.9. The fourth-order valence-electron chi connectivity index (χ4n) is 11.1. The molecular weight excluding hydrogens is 1240 g/mol.